The first-order chi connectivity index (χ1) is 18.5. The summed E-state index contributed by atoms with van der Waals surface area (Å²) in [6.45, 7) is 0.805. The molecule has 0 saturated heterocycles. The predicted octanol–water partition coefficient (Wildman–Crippen LogP) is 3.90. The summed E-state index contributed by atoms with van der Waals surface area (Å²) in [5, 5.41) is 7.61. The topological polar surface area (TPSA) is 87.3 Å². The van der Waals surface area contributed by atoms with Gasteiger partial charge in [0, 0.05) is 13.1 Å². The van der Waals surface area contributed by atoms with Crippen molar-refractivity contribution in [1.29, 1.82) is 0 Å². The van der Waals surface area contributed by atoms with Crippen LogP contribution in [0.15, 0.2) is 91.0 Å². The average Bonchev–Trinajstić information content (AvgIpc) is 2.96. The highest BCUT2D eigenvalue weighted by atomic mass is 32.1. The van der Waals surface area contributed by atoms with Crippen molar-refractivity contribution in [3.8, 4) is 0 Å². The number of hydrogen-bond acceptors (Lipinski definition) is 4. The molecule has 0 fully saturated rings. The van der Waals surface area contributed by atoms with Gasteiger partial charge in [0.05, 0.1) is 5.25 Å². The van der Waals surface area contributed by atoms with Gasteiger partial charge in [-0.15, -0.1) is 0 Å². The third-order valence-corrected chi connectivity index (χ3v) is 6.72. The zero-order valence-electron chi connectivity index (χ0n) is 21.6. The van der Waals surface area contributed by atoms with Gasteiger partial charge in [0.15, 0.2) is 6.04 Å². The van der Waals surface area contributed by atoms with Crippen molar-refractivity contribution in [2.24, 2.45) is 0 Å². The molecule has 0 aliphatic carbocycles. The number of nitrogens with one attached hydrogen (secondary N) is 3. The second-order valence-electron chi connectivity index (χ2n) is 9.24. The third kappa shape index (κ3) is 10.4. The highest BCUT2D eigenvalue weighted by Crippen LogP contribution is 2.10. The van der Waals surface area contributed by atoms with E-state index in [1.807, 2.05) is 91.0 Å². The van der Waals surface area contributed by atoms with Gasteiger partial charge < -0.3 is 16.0 Å². The lowest BCUT2D eigenvalue weighted by Gasteiger charge is -2.20. The molecular formula is C31H37N3O3S. The van der Waals surface area contributed by atoms with E-state index in [0.29, 0.717) is 25.9 Å². The number of aryl methyl sites for hydroxylation is 3. The third-order valence-electron chi connectivity index (χ3n) is 6.23. The van der Waals surface area contributed by atoms with Crippen LogP contribution < -0.4 is 16.0 Å². The van der Waals surface area contributed by atoms with E-state index in [1.54, 1.807) is 0 Å². The number of benzene rings is 3. The molecule has 3 aromatic carbocycles. The molecular weight excluding hydrogens is 494 g/mol. The van der Waals surface area contributed by atoms with Gasteiger partial charge in [0.2, 0.25) is 5.91 Å². The number of carbonyl (C=O) groups is 3. The summed E-state index contributed by atoms with van der Waals surface area (Å²) in [4.78, 5) is 38.8. The summed E-state index contributed by atoms with van der Waals surface area (Å²) in [7, 11) is 0. The molecule has 0 aliphatic rings. The van der Waals surface area contributed by atoms with Crippen molar-refractivity contribution in [3.05, 3.63) is 108 Å². The normalized spacial score (nSPS) is 11.5. The van der Waals surface area contributed by atoms with Crippen LogP contribution in [0.3, 0.4) is 0 Å². The summed E-state index contributed by atoms with van der Waals surface area (Å²) in [6, 6.07) is 28.5. The molecule has 1 atom stereocenters. The molecule has 200 valence electrons. The fourth-order valence-corrected chi connectivity index (χ4v) is 4.27. The standard InChI is InChI=1S/C31H37N3O3S/c35-29(27(38)21-20-26-16-8-3-9-17-26)34-28(30(36)32-22-10-18-24-12-4-1-5-13-24)31(37)33-23-11-19-25-14-6-2-7-15-25/h1-9,12-17,27-28,38H,10-11,18-23H2,(H,32,36)(H,33,37)(H,34,35)/t27-/m1/s1. The van der Waals surface area contributed by atoms with Gasteiger partial charge >= 0.3 is 0 Å². The van der Waals surface area contributed by atoms with E-state index in [4.69, 9.17) is 0 Å². The zero-order valence-corrected chi connectivity index (χ0v) is 22.5. The zero-order chi connectivity index (χ0) is 27.0. The van der Waals surface area contributed by atoms with Crippen LogP contribution in [0, 0.1) is 0 Å². The fraction of sp³-hybridized carbons (Fsp3) is 0.323. The lowest BCUT2D eigenvalue weighted by atomic mass is 10.1. The summed E-state index contributed by atoms with van der Waals surface area (Å²) in [5.74, 6) is -1.47. The van der Waals surface area contributed by atoms with E-state index in [0.717, 1.165) is 31.2 Å². The number of hydrogen-bond donors (Lipinski definition) is 4. The SMILES string of the molecule is O=C(NCCCc1ccccc1)C(NC(=O)[C@H](S)CCc1ccccc1)C(=O)NCCCc1ccccc1. The highest BCUT2D eigenvalue weighted by Gasteiger charge is 2.29. The molecule has 0 unspecified atom stereocenters. The molecule has 3 aromatic rings. The minimum absolute atomic E-state index is 0.402. The summed E-state index contributed by atoms with van der Waals surface area (Å²) in [5.41, 5.74) is 3.46. The average molecular weight is 532 g/mol. The molecule has 0 spiro atoms. The Bertz CT molecular complexity index is 1070. The van der Waals surface area contributed by atoms with E-state index in [9.17, 15) is 14.4 Å². The van der Waals surface area contributed by atoms with Crippen molar-refractivity contribution in [1.82, 2.24) is 16.0 Å². The van der Waals surface area contributed by atoms with Crippen molar-refractivity contribution in [3.63, 3.8) is 0 Å². The Morgan fingerprint density at radius 2 is 0.974 bits per heavy atom. The summed E-state index contributed by atoms with van der Waals surface area (Å²) >= 11 is 4.44. The molecule has 6 nitrogen and oxygen atoms in total. The molecule has 3 rings (SSSR count). The van der Waals surface area contributed by atoms with Crippen LogP contribution in [0.2, 0.25) is 0 Å². The number of carbonyl (C=O) groups excluding carboxylic acids is 3. The Morgan fingerprint density at radius 1 is 0.579 bits per heavy atom. The first-order valence-corrected chi connectivity index (χ1v) is 13.7. The molecule has 0 bridgehead atoms. The first kappa shape index (κ1) is 29.0. The van der Waals surface area contributed by atoms with Crippen LogP contribution in [0.25, 0.3) is 0 Å². The lowest BCUT2D eigenvalue weighted by Crippen LogP contribution is -2.56. The molecule has 7 heteroatoms. The van der Waals surface area contributed by atoms with E-state index in [-0.39, 0.29) is 0 Å². The van der Waals surface area contributed by atoms with Crippen LogP contribution in [-0.2, 0) is 33.6 Å². The van der Waals surface area contributed by atoms with Crippen molar-refractivity contribution >= 4 is 30.4 Å². The molecule has 3 amide bonds. The van der Waals surface area contributed by atoms with Crippen LogP contribution in [0.5, 0.6) is 0 Å². The van der Waals surface area contributed by atoms with Crippen molar-refractivity contribution in [2.45, 2.75) is 49.8 Å². The van der Waals surface area contributed by atoms with Crippen molar-refractivity contribution < 1.29 is 14.4 Å². The van der Waals surface area contributed by atoms with Gasteiger partial charge in [-0.3, -0.25) is 14.4 Å². The second-order valence-corrected chi connectivity index (χ2v) is 9.87. The second kappa shape index (κ2) is 16.3. The summed E-state index contributed by atoms with van der Waals surface area (Å²) in [6.07, 6.45) is 4.22. The maximum atomic E-state index is 13.0. The maximum absolute atomic E-state index is 13.0. The van der Waals surface area contributed by atoms with Gasteiger partial charge in [0.1, 0.15) is 0 Å². The van der Waals surface area contributed by atoms with Gasteiger partial charge in [-0.25, -0.2) is 0 Å². The molecule has 0 aliphatic heterocycles. The van der Waals surface area contributed by atoms with Crippen LogP contribution in [-0.4, -0.2) is 42.1 Å². The monoisotopic (exact) mass is 531 g/mol. The largest absolute Gasteiger partial charge is 0.354 e. The molecule has 0 heterocycles. The fourth-order valence-electron chi connectivity index (χ4n) is 4.07. The highest BCUT2D eigenvalue weighted by molar-refractivity contribution is 7.81. The number of rotatable bonds is 15. The van der Waals surface area contributed by atoms with E-state index >= 15 is 0 Å². The van der Waals surface area contributed by atoms with E-state index < -0.39 is 29.0 Å². The Balaban J connectivity index is 1.52. The lowest BCUT2D eigenvalue weighted by molar-refractivity contribution is -0.136. The molecule has 38 heavy (non-hydrogen) atoms. The molecule has 0 radical (unpaired) electrons. The minimum Gasteiger partial charge on any atom is -0.354 e. The Kier molecular flexibility index (Phi) is 12.4. The molecule has 0 aromatic heterocycles. The van der Waals surface area contributed by atoms with Crippen LogP contribution in [0.1, 0.15) is 36.0 Å². The quantitative estimate of drug-likeness (QED) is 0.136. The molecule has 3 N–H and O–H groups in total. The smallest absolute Gasteiger partial charge is 0.252 e. The van der Waals surface area contributed by atoms with Crippen LogP contribution in [0.4, 0.5) is 0 Å². The van der Waals surface area contributed by atoms with Crippen LogP contribution >= 0.6 is 12.6 Å². The predicted molar refractivity (Wildman–Crippen MR) is 155 cm³/mol. The van der Waals surface area contributed by atoms with E-state index in [1.165, 1.54) is 11.1 Å². The Hall–Kier alpha value is -3.58. The molecule has 0 saturated carbocycles. The van der Waals surface area contributed by atoms with Gasteiger partial charge in [-0.1, -0.05) is 91.0 Å². The minimum atomic E-state index is -1.32. The Labute approximate surface area is 231 Å². The van der Waals surface area contributed by atoms with Gasteiger partial charge in [0.25, 0.3) is 11.8 Å². The number of thiol groups is 1. The van der Waals surface area contributed by atoms with E-state index in [2.05, 4.69) is 28.6 Å². The summed E-state index contributed by atoms with van der Waals surface area (Å²) < 4.78 is 0. The maximum Gasteiger partial charge on any atom is 0.252 e. The number of amides is 3. The van der Waals surface area contributed by atoms with Gasteiger partial charge in [-0.2, -0.15) is 12.6 Å². The van der Waals surface area contributed by atoms with Gasteiger partial charge in [-0.05, 0) is 55.2 Å². The first-order valence-electron chi connectivity index (χ1n) is 13.2. The Morgan fingerprint density at radius 3 is 1.39 bits per heavy atom. The van der Waals surface area contributed by atoms with Crippen molar-refractivity contribution in [2.75, 3.05) is 13.1 Å².